The van der Waals surface area contributed by atoms with Crippen molar-refractivity contribution in [2.75, 3.05) is 26.3 Å². The fourth-order valence-corrected chi connectivity index (χ4v) is 2.08. The Hall–Kier alpha value is -1.87. The average Bonchev–Trinajstić information content (AvgIpc) is 2.46. The normalized spacial score (nSPS) is 16.6. The Morgan fingerprint density at radius 3 is 2.78 bits per heavy atom. The molecule has 1 aromatic heterocycles. The Bertz CT molecular complexity index is 559. The van der Waals surface area contributed by atoms with Gasteiger partial charge in [0.1, 0.15) is 0 Å². The van der Waals surface area contributed by atoms with Crippen LogP contribution in [-0.2, 0) is 4.74 Å². The molecule has 0 atom stereocenters. The van der Waals surface area contributed by atoms with Crippen LogP contribution in [0.2, 0.25) is 0 Å². The van der Waals surface area contributed by atoms with Crippen molar-refractivity contribution < 1.29 is 4.74 Å². The maximum atomic E-state index is 5.32. The predicted octanol–water partition coefficient (Wildman–Crippen LogP) is 2.54. The number of nitrogens with zero attached hydrogens (tertiary/aromatic N) is 2. The number of rotatable bonds is 2. The SMILES string of the molecule is C(=C\N1CCOCC1)/c1ccc2ccccc2n1. The lowest BCUT2D eigenvalue weighted by molar-refractivity contribution is 0.0597. The zero-order valence-corrected chi connectivity index (χ0v) is 10.2. The number of ether oxygens (including phenoxy) is 1. The molecule has 2 aromatic rings. The third-order valence-corrected chi connectivity index (χ3v) is 3.12. The molecule has 1 aromatic carbocycles. The third kappa shape index (κ3) is 2.51. The number of pyridine rings is 1. The first-order valence-electron chi connectivity index (χ1n) is 6.28. The Morgan fingerprint density at radius 1 is 1.06 bits per heavy atom. The minimum absolute atomic E-state index is 0.815. The van der Waals surface area contributed by atoms with Crippen molar-refractivity contribution in [3.63, 3.8) is 0 Å². The van der Waals surface area contributed by atoms with Gasteiger partial charge in [-0.2, -0.15) is 0 Å². The number of fused-ring (bicyclic) bond motifs is 1. The van der Waals surface area contributed by atoms with Crippen LogP contribution in [0.25, 0.3) is 17.0 Å². The van der Waals surface area contributed by atoms with Gasteiger partial charge in [-0.05, 0) is 18.2 Å². The number of morpholine rings is 1. The van der Waals surface area contributed by atoms with Gasteiger partial charge in [0.25, 0.3) is 0 Å². The van der Waals surface area contributed by atoms with Crippen LogP contribution in [0.1, 0.15) is 5.69 Å². The molecule has 3 heteroatoms. The summed E-state index contributed by atoms with van der Waals surface area (Å²) in [5.74, 6) is 0. The highest BCUT2D eigenvalue weighted by molar-refractivity contribution is 5.79. The first-order chi connectivity index (χ1) is 8.92. The van der Waals surface area contributed by atoms with Gasteiger partial charge in [0.15, 0.2) is 0 Å². The van der Waals surface area contributed by atoms with E-state index in [0.717, 1.165) is 37.5 Å². The van der Waals surface area contributed by atoms with Crippen molar-refractivity contribution in [2.24, 2.45) is 0 Å². The maximum Gasteiger partial charge on any atom is 0.0709 e. The summed E-state index contributed by atoms with van der Waals surface area (Å²) < 4.78 is 5.32. The number of para-hydroxylation sites is 1. The summed E-state index contributed by atoms with van der Waals surface area (Å²) >= 11 is 0. The smallest absolute Gasteiger partial charge is 0.0709 e. The molecule has 0 saturated carbocycles. The van der Waals surface area contributed by atoms with Crippen molar-refractivity contribution in [3.8, 4) is 0 Å². The Balaban J connectivity index is 1.79. The van der Waals surface area contributed by atoms with Crippen LogP contribution in [0, 0.1) is 0 Å². The Morgan fingerprint density at radius 2 is 1.89 bits per heavy atom. The van der Waals surface area contributed by atoms with E-state index in [1.807, 2.05) is 18.2 Å². The zero-order valence-electron chi connectivity index (χ0n) is 10.2. The molecule has 1 saturated heterocycles. The molecule has 18 heavy (non-hydrogen) atoms. The van der Waals surface area contributed by atoms with Crippen LogP contribution in [0.3, 0.4) is 0 Å². The molecule has 0 amide bonds. The summed E-state index contributed by atoms with van der Waals surface area (Å²) in [4.78, 5) is 6.88. The summed E-state index contributed by atoms with van der Waals surface area (Å²) in [5.41, 5.74) is 2.04. The Labute approximate surface area is 107 Å². The molecule has 0 bridgehead atoms. The van der Waals surface area contributed by atoms with E-state index >= 15 is 0 Å². The van der Waals surface area contributed by atoms with Gasteiger partial charge >= 0.3 is 0 Å². The van der Waals surface area contributed by atoms with E-state index in [0.29, 0.717) is 0 Å². The maximum absolute atomic E-state index is 5.32. The predicted molar refractivity (Wildman–Crippen MR) is 73.2 cm³/mol. The lowest BCUT2D eigenvalue weighted by Crippen LogP contribution is -2.31. The van der Waals surface area contributed by atoms with E-state index in [9.17, 15) is 0 Å². The second-order valence-corrected chi connectivity index (χ2v) is 4.39. The lowest BCUT2D eigenvalue weighted by Gasteiger charge is -2.24. The van der Waals surface area contributed by atoms with Crippen molar-refractivity contribution >= 4 is 17.0 Å². The highest BCUT2D eigenvalue weighted by Gasteiger charge is 2.05. The van der Waals surface area contributed by atoms with Crippen LogP contribution in [-0.4, -0.2) is 36.2 Å². The molecular formula is C15H16N2O. The standard InChI is InChI=1S/C15H16N2O/c1-2-4-15-13(3-1)5-6-14(16-15)7-8-17-9-11-18-12-10-17/h1-8H,9-12H2/b8-7+. The molecule has 3 nitrogen and oxygen atoms in total. The molecule has 1 fully saturated rings. The van der Waals surface area contributed by atoms with Crippen LogP contribution in [0.5, 0.6) is 0 Å². The average molecular weight is 240 g/mol. The number of aromatic nitrogens is 1. The van der Waals surface area contributed by atoms with E-state index in [1.165, 1.54) is 5.39 Å². The second kappa shape index (κ2) is 5.19. The quantitative estimate of drug-likeness (QED) is 0.806. The molecule has 1 aliphatic heterocycles. The molecular weight excluding hydrogens is 224 g/mol. The second-order valence-electron chi connectivity index (χ2n) is 4.39. The van der Waals surface area contributed by atoms with E-state index in [1.54, 1.807) is 0 Å². The first kappa shape index (κ1) is 11.2. The molecule has 0 aliphatic carbocycles. The third-order valence-electron chi connectivity index (χ3n) is 3.12. The van der Waals surface area contributed by atoms with Gasteiger partial charge in [0.05, 0.1) is 24.4 Å². The van der Waals surface area contributed by atoms with Gasteiger partial charge in [-0.25, -0.2) is 4.98 Å². The lowest BCUT2D eigenvalue weighted by atomic mass is 10.2. The molecule has 3 rings (SSSR count). The number of benzene rings is 1. The van der Waals surface area contributed by atoms with Crippen molar-refractivity contribution in [1.29, 1.82) is 0 Å². The summed E-state index contributed by atoms with van der Waals surface area (Å²) in [6.07, 6.45) is 4.18. The summed E-state index contributed by atoms with van der Waals surface area (Å²) in [6.45, 7) is 3.55. The van der Waals surface area contributed by atoms with Gasteiger partial charge < -0.3 is 9.64 Å². The van der Waals surface area contributed by atoms with Gasteiger partial charge in [-0.1, -0.05) is 24.3 Å². The van der Waals surface area contributed by atoms with Crippen LogP contribution in [0.4, 0.5) is 0 Å². The molecule has 2 heterocycles. The largest absolute Gasteiger partial charge is 0.378 e. The minimum Gasteiger partial charge on any atom is -0.378 e. The highest BCUT2D eigenvalue weighted by Crippen LogP contribution is 2.12. The topological polar surface area (TPSA) is 25.4 Å². The molecule has 0 spiro atoms. The molecule has 0 unspecified atom stereocenters. The molecule has 1 aliphatic rings. The fourth-order valence-electron chi connectivity index (χ4n) is 2.08. The van der Waals surface area contributed by atoms with Crippen LogP contribution in [0.15, 0.2) is 42.6 Å². The van der Waals surface area contributed by atoms with Crippen LogP contribution >= 0.6 is 0 Å². The highest BCUT2D eigenvalue weighted by atomic mass is 16.5. The number of hydrogen-bond acceptors (Lipinski definition) is 3. The van der Waals surface area contributed by atoms with Gasteiger partial charge in [-0.15, -0.1) is 0 Å². The summed E-state index contributed by atoms with van der Waals surface area (Å²) in [7, 11) is 0. The summed E-state index contributed by atoms with van der Waals surface area (Å²) in [5, 5.41) is 1.18. The Kier molecular flexibility index (Phi) is 3.24. The van der Waals surface area contributed by atoms with Gasteiger partial charge in [0.2, 0.25) is 0 Å². The fraction of sp³-hybridized carbons (Fsp3) is 0.267. The zero-order chi connectivity index (χ0) is 12.2. The van der Waals surface area contributed by atoms with Gasteiger partial charge in [0, 0.05) is 24.7 Å². The van der Waals surface area contributed by atoms with E-state index in [2.05, 4.69) is 40.4 Å². The molecule has 0 radical (unpaired) electrons. The number of hydrogen-bond donors (Lipinski definition) is 0. The van der Waals surface area contributed by atoms with Gasteiger partial charge in [-0.3, -0.25) is 0 Å². The van der Waals surface area contributed by atoms with Crippen molar-refractivity contribution in [2.45, 2.75) is 0 Å². The van der Waals surface area contributed by atoms with Crippen molar-refractivity contribution in [1.82, 2.24) is 9.88 Å². The monoisotopic (exact) mass is 240 g/mol. The van der Waals surface area contributed by atoms with E-state index in [4.69, 9.17) is 4.74 Å². The van der Waals surface area contributed by atoms with Crippen molar-refractivity contribution in [3.05, 3.63) is 48.3 Å². The molecule has 92 valence electrons. The van der Waals surface area contributed by atoms with E-state index < -0.39 is 0 Å². The minimum atomic E-state index is 0.815. The van der Waals surface area contributed by atoms with E-state index in [-0.39, 0.29) is 0 Å². The van der Waals surface area contributed by atoms with Crippen LogP contribution < -0.4 is 0 Å². The summed E-state index contributed by atoms with van der Waals surface area (Å²) in [6, 6.07) is 12.3. The first-order valence-corrected chi connectivity index (χ1v) is 6.28. The molecule has 0 N–H and O–H groups in total.